The number of quaternary nitrogens is 1. The minimum Gasteiger partial charge on any atom is -1.00 e. The molecule has 1 aromatic rings. The molecule has 0 amide bonds. The SMILES string of the molecule is CCCCCCCCCC[N+](C)(C)Cc1ccccc1.[F-]. The molecule has 0 aromatic heterocycles. The van der Waals surface area contributed by atoms with Crippen LogP contribution in [0.3, 0.4) is 0 Å². The van der Waals surface area contributed by atoms with E-state index >= 15 is 0 Å². The lowest BCUT2D eigenvalue weighted by molar-refractivity contribution is -0.903. The fourth-order valence-corrected chi connectivity index (χ4v) is 2.83. The largest absolute Gasteiger partial charge is 1.00 e. The maximum Gasteiger partial charge on any atom is 0.104 e. The lowest BCUT2D eigenvalue weighted by Gasteiger charge is -2.30. The van der Waals surface area contributed by atoms with Gasteiger partial charge in [-0.2, -0.15) is 0 Å². The van der Waals surface area contributed by atoms with E-state index in [4.69, 9.17) is 0 Å². The zero-order chi connectivity index (χ0) is 14.7. The fourth-order valence-electron chi connectivity index (χ4n) is 2.83. The fraction of sp³-hybridized carbons (Fsp3) is 0.684. The van der Waals surface area contributed by atoms with Gasteiger partial charge in [-0.25, -0.2) is 0 Å². The summed E-state index contributed by atoms with van der Waals surface area (Å²) in [4.78, 5) is 0. The summed E-state index contributed by atoms with van der Waals surface area (Å²) < 4.78 is 1.11. The van der Waals surface area contributed by atoms with Crippen LogP contribution in [-0.2, 0) is 6.54 Å². The van der Waals surface area contributed by atoms with Crippen LogP contribution >= 0.6 is 0 Å². The summed E-state index contributed by atoms with van der Waals surface area (Å²) >= 11 is 0. The number of unbranched alkanes of at least 4 members (excludes halogenated alkanes) is 7. The van der Waals surface area contributed by atoms with Gasteiger partial charge in [0.15, 0.2) is 0 Å². The van der Waals surface area contributed by atoms with Crippen LogP contribution in [0.5, 0.6) is 0 Å². The van der Waals surface area contributed by atoms with Gasteiger partial charge in [-0.1, -0.05) is 75.8 Å². The molecular formula is C19H34FN. The predicted molar refractivity (Wildman–Crippen MR) is 89.7 cm³/mol. The van der Waals surface area contributed by atoms with E-state index in [1.54, 1.807) is 0 Å². The summed E-state index contributed by atoms with van der Waals surface area (Å²) in [7, 11) is 4.71. The maximum atomic E-state index is 2.36. The van der Waals surface area contributed by atoms with Crippen molar-refractivity contribution in [2.75, 3.05) is 20.6 Å². The van der Waals surface area contributed by atoms with Gasteiger partial charge >= 0.3 is 0 Å². The van der Waals surface area contributed by atoms with Crippen LogP contribution in [0.2, 0.25) is 0 Å². The van der Waals surface area contributed by atoms with Gasteiger partial charge in [0, 0.05) is 5.56 Å². The van der Waals surface area contributed by atoms with Crippen molar-refractivity contribution in [2.24, 2.45) is 0 Å². The van der Waals surface area contributed by atoms with E-state index in [1.165, 1.54) is 63.5 Å². The third-order valence-electron chi connectivity index (χ3n) is 4.07. The number of nitrogens with zero attached hydrogens (tertiary/aromatic N) is 1. The van der Waals surface area contributed by atoms with Gasteiger partial charge in [0.05, 0.1) is 20.6 Å². The molecule has 0 aliphatic rings. The van der Waals surface area contributed by atoms with Crippen molar-refractivity contribution in [3.8, 4) is 0 Å². The molecule has 0 heterocycles. The second kappa shape index (κ2) is 11.7. The molecule has 21 heavy (non-hydrogen) atoms. The maximum absolute atomic E-state index is 2.36. The second-order valence-corrected chi connectivity index (χ2v) is 6.78. The minimum absolute atomic E-state index is 0. The molecule has 1 rings (SSSR count). The molecule has 1 nitrogen and oxygen atoms in total. The third-order valence-corrected chi connectivity index (χ3v) is 4.07. The summed E-state index contributed by atoms with van der Waals surface area (Å²) in [6.45, 7) is 4.73. The molecule has 0 saturated heterocycles. The Morgan fingerprint density at radius 1 is 0.762 bits per heavy atom. The van der Waals surface area contributed by atoms with Crippen LogP contribution in [-0.4, -0.2) is 25.1 Å². The summed E-state index contributed by atoms with van der Waals surface area (Å²) in [5, 5.41) is 0. The summed E-state index contributed by atoms with van der Waals surface area (Å²) in [6, 6.07) is 10.9. The van der Waals surface area contributed by atoms with Gasteiger partial charge in [-0.3, -0.25) is 0 Å². The smallest absolute Gasteiger partial charge is 0.104 e. The van der Waals surface area contributed by atoms with Crippen LogP contribution in [0.4, 0.5) is 0 Å². The second-order valence-electron chi connectivity index (χ2n) is 6.78. The summed E-state index contributed by atoms with van der Waals surface area (Å²) in [5.41, 5.74) is 1.46. The van der Waals surface area contributed by atoms with E-state index < -0.39 is 0 Å². The van der Waals surface area contributed by atoms with Crippen molar-refractivity contribution in [3.05, 3.63) is 35.9 Å². The Morgan fingerprint density at radius 3 is 1.86 bits per heavy atom. The topological polar surface area (TPSA) is 0 Å². The van der Waals surface area contributed by atoms with Crippen LogP contribution in [0.1, 0.15) is 63.9 Å². The van der Waals surface area contributed by atoms with Crippen molar-refractivity contribution >= 4 is 0 Å². The molecule has 0 atom stereocenters. The van der Waals surface area contributed by atoms with Crippen molar-refractivity contribution in [1.82, 2.24) is 0 Å². The van der Waals surface area contributed by atoms with Gasteiger partial charge in [-0.05, 0) is 12.8 Å². The van der Waals surface area contributed by atoms with Crippen molar-refractivity contribution < 1.29 is 9.19 Å². The molecule has 0 bridgehead atoms. The Morgan fingerprint density at radius 2 is 1.29 bits per heavy atom. The average Bonchev–Trinajstić information content (AvgIpc) is 2.42. The number of rotatable bonds is 11. The van der Waals surface area contributed by atoms with Crippen LogP contribution < -0.4 is 4.70 Å². The van der Waals surface area contributed by atoms with E-state index in [0.29, 0.717) is 0 Å². The lowest BCUT2D eigenvalue weighted by Crippen LogP contribution is -3.00. The van der Waals surface area contributed by atoms with E-state index in [1.807, 2.05) is 0 Å². The molecule has 0 spiro atoms. The first-order valence-electron chi connectivity index (χ1n) is 8.50. The molecule has 0 saturated carbocycles. The zero-order valence-corrected chi connectivity index (χ0v) is 14.3. The molecule has 0 N–H and O–H groups in total. The monoisotopic (exact) mass is 295 g/mol. The molecule has 0 fully saturated rings. The third kappa shape index (κ3) is 10.5. The Labute approximate surface area is 131 Å². The highest BCUT2D eigenvalue weighted by molar-refractivity contribution is 5.13. The molecule has 1 aromatic carbocycles. The molecule has 0 radical (unpaired) electrons. The number of benzene rings is 1. The standard InChI is InChI=1S/C19H34N.FH/c1-4-5-6-7-8-9-10-14-17-20(2,3)18-19-15-12-11-13-16-19;/h11-13,15-16H,4-10,14,17-18H2,1-3H3;1H/q+1;/p-1. The molecule has 2 heteroatoms. The van der Waals surface area contributed by atoms with Crippen molar-refractivity contribution in [3.63, 3.8) is 0 Å². The van der Waals surface area contributed by atoms with E-state index in [9.17, 15) is 0 Å². The normalized spacial score (nSPS) is 11.2. The Kier molecular flexibility index (Phi) is 11.2. The number of hydrogen-bond donors (Lipinski definition) is 0. The molecule has 0 aliphatic heterocycles. The van der Waals surface area contributed by atoms with Crippen molar-refractivity contribution in [2.45, 2.75) is 64.8 Å². The minimum atomic E-state index is 0. The highest BCUT2D eigenvalue weighted by Crippen LogP contribution is 2.13. The lowest BCUT2D eigenvalue weighted by atomic mass is 10.1. The van der Waals surface area contributed by atoms with Gasteiger partial charge < -0.3 is 9.19 Å². The quantitative estimate of drug-likeness (QED) is 0.434. The molecule has 0 unspecified atom stereocenters. The first kappa shape index (κ1) is 20.1. The molecule has 122 valence electrons. The van der Waals surface area contributed by atoms with Crippen LogP contribution in [0.15, 0.2) is 30.3 Å². The highest BCUT2D eigenvalue weighted by Gasteiger charge is 2.14. The van der Waals surface area contributed by atoms with E-state index in [2.05, 4.69) is 51.4 Å². The predicted octanol–water partition coefficient (Wildman–Crippen LogP) is 2.41. The van der Waals surface area contributed by atoms with Gasteiger partial charge in [-0.15, -0.1) is 0 Å². The van der Waals surface area contributed by atoms with Gasteiger partial charge in [0.2, 0.25) is 0 Å². The Bertz CT molecular complexity index is 335. The Hall–Kier alpha value is -0.890. The zero-order valence-electron chi connectivity index (χ0n) is 14.3. The molecular weight excluding hydrogens is 261 g/mol. The number of halogens is 1. The molecule has 0 aliphatic carbocycles. The van der Waals surface area contributed by atoms with E-state index in [-0.39, 0.29) is 4.70 Å². The summed E-state index contributed by atoms with van der Waals surface area (Å²) in [6.07, 6.45) is 11.3. The first-order chi connectivity index (χ1) is 9.64. The van der Waals surface area contributed by atoms with Crippen molar-refractivity contribution in [1.29, 1.82) is 0 Å². The van der Waals surface area contributed by atoms with Gasteiger partial charge in [0.25, 0.3) is 0 Å². The summed E-state index contributed by atoms with van der Waals surface area (Å²) in [5.74, 6) is 0. The average molecular weight is 295 g/mol. The van der Waals surface area contributed by atoms with Gasteiger partial charge in [0.1, 0.15) is 6.54 Å². The van der Waals surface area contributed by atoms with Crippen LogP contribution in [0.25, 0.3) is 0 Å². The van der Waals surface area contributed by atoms with E-state index in [0.717, 1.165) is 11.0 Å². The Balaban J connectivity index is 0.00000400. The highest BCUT2D eigenvalue weighted by atomic mass is 19.0. The first-order valence-corrected chi connectivity index (χ1v) is 8.50. The number of hydrogen-bond acceptors (Lipinski definition) is 0. The van der Waals surface area contributed by atoms with Crippen LogP contribution in [0, 0.1) is 0 Å².